The highest BCUT2D eigenvalue weighted by molar-refractivity contribution is 6.05. The summed E-state index contributed by atoms with van der Waals surface area (Å²) in [6.07, 6.45) is 2.91. The summed E-state index contributed by atoms with van der Waals surface area (Å²) in [5.41, 5.74) is 16.9. The Morgan fingerprint density at radius 3 is 2.15 bits per heavy atom. The first-order valence-corrected chi connectivity index (χ1v) is 11.5. The molecule has 0 radical (unpaired) electrons. The highest BCUT2D eigenvalue weighted by atomic mass is 16.1. The number of benzene rings is 2. The second-order valence-corrected chi connectivity index (χ2v) is 8.70. The van der Waals surface area contributed by atoms with Gasteiger partial charge in [-0.15, -0.1) is 0 Å². The van der Waals surface area contributed by atoms with Crippen LogP contribution in [0.25, 0.3) is 5.57 Å². The van der Waals surface area contributed by atoms with Crippen LogP contribution in [0.15, 0.2) is 48.5 Å². The number of carbonyl (C=O) groups is 1. The number of carbonyl (C=O) groups excluding carboxylic acids is 1. The molecule has 0 unspecified atom stereocenters. The molecule has 0 aliphatic carbocycles. The van der Waals surface area contributed by atoms with E-state index in [9.17, 15) is 4.79 Å². The molecule has 1 amide bonds. The Morgan fingerprint density at radius 1 is 0.912 bits per heavy atom. The van der Waals surface area contributed by atoms with E-state index >= 15 is 0 Å². The van der Waals surface area contributed by atoms with E-state index in [1.807, 2.05) is 53.1 Å². The van der Waals surface area contributed by atoms with Crippen LogP contribution in [0.5, 0.6) is 0 Å². The number of amides is 1. The first-order valence-electron chi connectivity index (χ1n) is 11.5. The van der Waals surface area contributed by atoms with Crippen molar-refractivity contribution >= 4 is 34.8 Å². The molecule has 4 rings (SSSR count). The number of anilines is 2. The number of rotatable bonds is 4. The smallest absolute Gasteiger partial charge is 0.255 e. The van der Waals surface area contributed by atoms with Crippen molar-refractivity contribution in [3.05, 3.63) is 65.2 Å². The van der Waals surface area contributed by atoms with Crippen molar-refractivity contribution < 1.29 is 4.79 Å². The summed E-state index contributed by atoms with van der Waals surface area (Å²) >= 11 is 0. The maximum absolute atomic E-state index is 12.8. The van der Waals surface area contributed by atoms with Gasteiger partial charge in [0.2, 0.25) is 0 Å². The first-order chi connectivity index (χ1) is 16.3. The molecule has 9 nitrogen and oxygen atoms in total. The molecule has 2 heterocycles. The van der Waals surface area contributed by atoms with Gasteiger partial charge in [-0.2, -0.15) is 0 Å². The minimum atomic E-state index is -0.141. The molecule has 9 heteroatoms. The van der Waals surface area contributed by atoms with Crippen LogP contribution in [-0.4, -0.2) is 66.9 Å². The number of nitrogens with zero attached hydrogens (tertiary/aromatic N) is 3. The second kappa shape index (κ2) is 9.86. The van der Waals surface area contributed by atoms with Crippen molar-refractivity contribution in [2.75, 3.05) is 49.5 Å². The molecule has 1 fully saturated rings. The van der Waals surface area contributed by atoms with Gasteiger partial charge in [0.25, 0.3) is 5.91 Å². The van der Waals surface area contributed by atoms with Gasteiger partial charge in [0, 0.05) is 56.2 Å². The highest BCUT2D eigenvalue weighted by Crippen LogP contribution is 2.25. The first kappa shape index (κ1) is 23.2. The van der Waals surface area contributed by atoms with Gasteiger partial charge in [-0.25, -0.2) is 0 Å². The van der Waals surface area contributed by atoms with Crippen molar-refractivity contribution in [3.63, 3.8) is 0 Å². The molecule has 178 valence electrons. The average Bonchev–Trinajstić information content (AvgIpc) is 2.85. The van der Waals surface area contributed by atoms with Crippen molar-refractivity contribution in [1.82, 2.24) is 9.80 Å². The maximum atomic E-state index is 12.8. The summed E-state index contributed by atoms with van der Waals surface area (Å²) in [4.78, 5) is 18.8. The van der Waals surface area contributed by atoms with E-state index in [0.29, 0.717) is 12.1 Å². The van der Waals surface area contributed by atoms with Crippen molar-refractivity contribution in [3.8, 4) is 0 Å². The predicted octanol–water partition coefficient (Wildman–Crippen LogP) is 2.25. The molecular formula is C25H32N8O. The lowest BCUT2D eigenvalue weighted by molar-refractivity contribution is 0.102. The van der Waals surface area contributed by atoms with Crippen LogP contribution in [0.4, 0.5) is 11.4 Å². The number of nitrogens with one attached hydrogen (secondary N) is 3. The number of aryl methyl sites for hydroxylation is 1. The molecule has 34 heavy (non-hydrogen) atoms. The maximum Gasteiger partial charge on any atom is 0.255 e. The van der Waals surface area contributed by atoms with Gasteiger partial charge in [-0.1, -0.05) is 18.2 Å². The van der Waals surface area contributed by atoms with Gasteiger partial charge >= 0.3 is 0 Å². The number of piperazine rings is 1. The third-order valence-electron chi connectivity index (χ3n) is 6.51. The van der Waals surface area contributed by atoms with Crippen LogP contribution >= 0.6 is 0 Å². The summed E-state index contributed by atoms with van der Waals surface area (Å²) < 4.78 is 0. The van der Waals surface area contributed by atoms with E-state index < -0.39 is 0 Å². The quantitative estimate of drug-likeness (QED) is 0.350. The zero-order chi connectivity index (χ0) is 24.2. The Kier molecular flexibility index (Phi) is 6.72. The largest absolute Gasteiger partial charge is 0.370 e. The number of hydrogen-bond donors (Lipinski definition) is 5. The summed E-state index contributed by atoms with van der Waals surface area (Å²) in [5.74, 6) is 0.0797. The van der Waals surface area contributed by atoms with Crippen LogP contribution < -0.4 is 21.7 Å². The molecule has 1 saturated heterocycles. The Hall–Kier alpha value is -4.01. The summed E-state index contributed by atoms with van der Waals surface area (Å²) in [6, 6.07) is 13.7. The molecule has 7 N–H and O–H groups in total. The van der Waals surface area contributed by atoms with E-state index in [2.05, 4.69) is 22.4 Å². The predicted molar refractivity (Wildman–Crippen MR) is 137 cm³/mol. The third kappa shape index (κ3) is 5.14. The second-order valence-electron chi connectivity index (χ2n) is 8.70. The van der Waals surface area contributed by atoms with Gasteiger partial charge in [0.1, 0.15) is 0 Å². The van der Waals surface area contributed by atoms with Crippen LogP contribution in [0.3, 0.4) is 0 Å². The van der Waals surface area contributed by atoms with Crippen molar-refractivity contribution in [2.45, 2.75) is 13.3 Å². The summed E-state index contributed by atoms with van der Waals surface area (Å²) in [5, 5.41) is 18.1. The topological polar surface area (TPSA) is 139 Å². The van der Waals surface area contributed by atoms with Crippen molar-refractivity contribution in [2.24, 2.45) is 11.5 Å². The Morgan fingerprint density at radius 2 is 1.59 bits per heavy atom. The normalized spacial score (nSPS) is 16.1. The van der Waals surface area contributed by atoms with Gasteiger partial charge in [0.05, 0.1) is 0 Å². The lowest BCUT2D eigenvalue weighted by Gasteiger charge is -2.36. The molecule has 2 aromatic rings. The standard InChI is InChI=1S/C25H32N8O/c1-17-16-21(31-12-14-33(15-13-31)25(28)29)6-7-22(17)30-23(34)20-4-2-18(3-5-20)19-8-10-32(11-9-19)24(26)27/h2-8,16H,9-15H2,1H3,(H3,26,27)(H3,28,29)(H,30,34). The number of guanidine groups is 2. The van der Waals surface area contributed by atoms with Crippen LogP contribution in [0.2, 0.25) is 0 Å². The van der Waals surface area contributed by atoms with E-state index in [4.69, 9.17) is 22.3 Å². The monoisotopic (exact) mass is 460 g/mol. The van der Waals surface area contributed by atoms with E-state index in [1.165, 1.54) is 5.57 Å². The molecule has 2 aliphatic heterocycles. The molecule has 0 aromatic heterocycles. The minimum Gasteiger partial charge on any atom is -0.370 e. The van der Waals surface area contributed by atoms with Crippen LogP contribution in [-0.2, 0) is 0 Å². The molecule has 0 atom stereocenters. The van der Waals surface area contributed by atoms with Crippen LogP contribution in [0.1, 0.15) is 27.9 Å². The SMILES string of the molecule is Cc1cc(N2CCN(C(=N)N)CC2)ccc1NC(=O)c1ccc(C2=CCN(C(=N)N)CC2)cc1. The number of hydrogen-bond acceptors (Lipinski definition) is 4. The molecular weight excluding hydrogens is 428 g/mol. The Balaban J connectivity index is 1.37. The third-order valence-corrected chi connectivity index (χ3v) is 6.51. The molecule has 2 aromatic carbocycles. The van der Waals surface area contributed by atoms with E-state index in [0.717, 1.165) is 61.6 Å². The lowest BCUT2D eigenvalue weighted by atomic mass is 9.98. The fourth-order valence-corrected chi connectivity index (χ4v) is 4.37. The summed E-state index contributed by atoms with van der Waals surface area (Å²) in [6.45, 7) is 6.43. The molecule has 0 saturated carbocycles. The molecule has 2 aliphatic rings. The van der Waals surface area contributed by atoms with E-state index in [1.54, 1.807) is 0 Å². The molecule has 0 spiro atoms. The lowest BCUT2D eigenvalue weighted by Crippen LogP contribution is -2.50. The number of nitrogens with two attached hydrogens (primary N) is 2. The highest BCUT2D eigenvalue weighted by Gasteiger charge is 2.19. The minimum absolute atomic E-state index is 0.0983. The van der Waals surface area contributed by atoms with Gasteiger partial charge in [-0.05, 0) is 60.4 Å². The summed E-state index contributed by atoms with van der Waals surface area (Å²) in [7, 11) is 0. The fraction of sp³-hybridized carbons (Fsp3) is 0.320. The van der Waals surface area contributed by atoms with Gasteiger partial charge < -0.3 is 31.5 Å². The van der Waals surface area contributed by atoms with Crippen molar-refractivity contribution in [1.29, 1.82) is 10.8 Å². The molecule has 0 bridgehead atoms. The van der Waals surface area contributed by atoms with Gasteiger partial charge in [0.15, 0.2) is 11.9 Å². The Bertz CT molecular complexity index is 1120. The van der Waals surface area contributed by atoms with Gasteiger partial charge in [-0.3, -0.25) is 15.6 Å². The zero-order valence-corrected chi connectivity index (χ0v) is 19.5. The zero-order valence-electron chi connectivity index (χ0n) is 19.5. The fourth-order valence-electron chi connectivity index (χ4n) is 4.37. The van der Waals surface area contributed by atoms with E-state index in [-0.39, 0.29) is 17.8 Å². The Labute approximate surface area is 200 Å². The van der Waals surface area contributed by atoms with Crippen LogP contribution in [0, 0.1) is 17.7 Å². The average molecular weight is 461 g/mol.